The van der Waals surface area contributed by atoms with E-state index < -0.39 is 0 Å². The number of carbonyl (C=O) groups is 2. The highest BCUT2D eigenvalue weighted by Gasteiger charge is 2.20. The third-order valence-electron chi connectivity index (χ3n) is 4.40. The molecule has 1 aliphatic heterocycles. The zero-order valence-corrected chi connectivity index (χ0v) is 15.7. The minimum atomic E-state index is -0.0843. The van der Waals surface area contributed by atoms with Crippen LogP contribution in [0.15, 0.2) is 18.2 Å². The molecule has 0 radical (unpaired) electrons. The van der Waals surface area contributed by atoms with Crippen LogP contribution < -0.4 is 15.5 Å². The van der Waals surface area contributed by atoms with Crippen molar-refractivity contribution in [2.24, 2.45) is 0 Å². The lowest BCUT2D eigenvalue weighted by Gasteiger charge is -2.22. The number of unbranched alkanes of at least 4 members (excludes halogenated alkanes) is 2. The van der Waals surface area contributed by atoms with Gasteiger partial charge in [0.2, 0.25) is 5.91 Å². The first kappa shape index (κ1) is 19.3. The summed E-state index contributed by atoms with van der Waals surface area (Å²) in [5, 5.41) is 5.90. The Balaban J connectivity index is 2.16. The number of anilines is 2. The number of benzene rings is 1. The molecule has 0 unspecified atom stereocenters. The van der Waals surface area contributed by atoms with Crippen molar-refractivity contribution in [3.8, 4) is 0 Å². The van der Waals surface area contributed by atoms with E-state index >= 15 is 0 Å². The van der Waals surface area contributed by atoms with Crippen LogP contribution in [0.3, 0.4) is 0 Å². The number of rotatable bonds is 8. The largest absolute Gasteiger partial charge is 0.371 e. The molecular formula is C20H31N3O2. The molecule has 138 valence electrons. The van der Waals surface area contributed by atoms with Gasteiger partial charge in [0.1, 0.15) is 0 Å². The van der Waals surface area contributed by atoms with Gasteiger partial charge in [-0.05, 0) is 51.3 Å². The summed E-state index contributed by atoms with van der Waals surface area (Å²) >= 11 is 0. The van der Waals surface area contributed by atoms with Crippen LogP contribution in [0.2, 0.25) is 0 Å². The maximum atomic E-state index is 12.6. The summed E-state index contributed by atoms with van der Waals surface area (Å²) in [4.78, 5) is 26.9. The van der Waals surface area contributed by atoms with Crippen molar-refractivity contribution in [1.82, 2.24) is 5.32 Å². The van der Waals surface area contributed by atoms with Gasteiger partial charge in [0.05, 0.1) is 5.56 Å². The predicted octanol–water partition coefficient (Wildman–Crippen LogP) is 3.94. The van der Waals surface area contributed by atoms with Gasteiger partial charge in [0.15, 0.2) is 0 Å². The Morgan fingerprint density at radius 1 is 1.16 bits per heavy atom. The standard InChI is InChI=1S/C20H31N3O2/c1-4-5-6-9-19(24)22-16-10-11-18(23-12-7-8-13-23)17(14-16)20(25)21-15(2)3/h10-11,14-15H,4-9,12-13H2,1-3H3,(H,21,25)(H,22,24). The molecule has 0 aromatic heterocycles. The maximum absolute atomic E-state index is 12.6. The van der Waals surface area contributed by atoms with Crippen LogP contribution in [0.5, 0.6) is 0 Å². The van der Waals surface area contributed by atoms with Gasteiger partial charge in [-0.25, -0.2) is 0 Å². The molecule has 2 rings (SSSR count). The third-order valence-corrected chi connectivity index (χ3v) is 4.40. The second-order valence-electron chi connectivity index (χ2n) is 7.06. The number of carbonyl (C=O) groups excluding carboxylic acids is 2. The second kappa shape index (κ2) is 9.44. The Morgan fingerprint density at radius 2 is 1.88 bits per heavy atom. The Bertz CT molecular complexity index is 593. The highest BCUT2D eigenvalue weighted by molar-refractivity contribution is 6.02. The number of hydrogen-bond acceptors (Lipinski definition) is 3. The van der Waals surface area contributed by atoms with E-state index in [1.165, 1.54) is 0 Å². The van der Waals surface area contributed by atoms with Gasteiger partial charge in [0.25, 0.3) is 5.91 Å². The molecule has 1 aliphatic rings. The van der Waals surface area contributed by atoms with Gasteiger partial charge < -0.3 is 15.5 Å². The predicted molar refractivity (Wildman–Crippen MR) is 103 cm³/mol. The van der Waals surface area contributed by atoms with Crippen LogP contribution in [0, 0.1) is 0 Å². The van der Waals surface area contributed by atoms with Gasteiger partial charge in [-0.1, -0.05) is 19.8 Å². The fourth-order valence-corrected chi connectivity index (χ4v) is 3.13. The second-order valence-corrected chi connectivity index (χ2v) is 7.06. The number of hydrogen-bond donors (Lipinski definition) is 2. The van der Waals surface area contributed by atoms with E-state index in [-0.39, 0.29) is 17.9 Å². The first-order chi connectivity index (χ1) is 12.0. The first-order valence-electron chi connectivity index (χ1n) is 9.51. The lowest BCUT2D eigenvalue weighted by atomic mass is 10.1. The molecule has 5 heteroatoms. The quantitative estimate of drug-likeness (QED) is 0.702. The summed E-state index contributed by atoms with van der Waals surface area (Å²) in [5.74, 6) is -0.0726. The smallest absolute Gasteiger partial charge is 0.253 e. The van der Waals surface area contributed by atoms with E-state index in [1.807, 2.05) is 32.0 Å². The summed E-state index contributed by atoms with van der Waals surface area (Å²) in [7, 11) is 0. The number of nitrogens with zero attached hydrogens (tertiary/aromatic N) is 1. The lowest BCUT2D eigenvalue weighted by Crippen LogP contribution is -2.32. The zero-order valence-electron chi connectivity index (χ0n) is 15.7. The molecule has 1 aromatic carbocycles. The van der Waals surface area contributed by atoms with E-state index in [1.54, 1.807) is 0 Å². The summed E-state index contributed by atoms with van der Waals surface area (Å²) in [6.07, 6.45) is 5.88. The van der Waals surface area contributed by atoms with Crippen LogP contribution in [0.4, 0.5) is 11.4 Å². The average Bonchev–Trinajstić information content (AvgIpc) is 3.08. The van der Waals surface area contributed by atoms with Crippen molar-refractivity contribution in [3.05, 3.63) is 23.8 Å². The highest BCUT2D eigenvalue weighted by atomic mass is 16.2. The lowest BCUT2D eigenvalue weighted by molar-refractivity contribution is -0.116. The van der Waals surface area contributed by atoms with Crippen LogP contribution >= 0.6 is 0 Å². The molecule has 0 aliphatic carbocycles. The first-order valence-corrected chi connectivity index (χ1v) is 9.51. The van der Waals surface area contributed by atoms with E-state index in [0.717, 1.165) is 50.9 Å². The molecule has 0 bridgehead atoms. The normalized spacial score (nSPS) is 14.0. The van der Waals surface area contributed by atoms with Crippen LogP contribution in [0.25, 0.3) is 0 Å². The molecule has 25 heavy (non-hydrogen) atoms. The Labute approximate surface area is 151 Å². The summed E-state index contributed by atoms with van der Waals surface area (Å²) < 4.78 is 0. The third kappa shape index (κ3) is 5.76. The van der Waals surface area contributed by atoms with E-state index in [9.17, 15) is 9.59 Å². The Hall–Kier alpha value is -2.04. The summed E-state index contributed by atoms with van der Waals surface area (Å²) in [6, 6.07) is 5.74. The van der Waals surface area contributed by atoms with E-state index in [2.05, 4.69) is 22.5 Å². The van der Waals surface area contributed by atoms with Crippen molar-refractivity contribution >= 4 is 23.2 Å². The van der Waals surface area contributed by atoms with Gasteiger partial charge in [0, 0.05) is 36.9 Å². The van der Waals surface area contributed by atoms with Crippen molar-refractivity contribution < 1.29 is 9.59 Å². The minimum absolute atomic E-state index is 0.0117. The fourth-order valence-electron chi connectivity index (χ4n) is 3.13. The molecule has 1 aromatic rings. The van der Waals surface area contributed by atoms with Crippen LogP contribution in [0.1, 0.15) is 69.7 Å². The van der Waals surface area contributed by atoms with E-state index in [0.29, 0.717) is 17.7 Å². The highest BCUT2D eigenvalue weighted by Crippen LogP contribution is 2.27. The molecular weight excluding hydrogens is 314 g/mol. The monoisotopic (exact) mass is 345 g/mol. The number of nitrogens with one attached hydrogen (secondary N) is 2. The minimum Gasteiger partial charge on any atom is -0.371 e. The van der Waals surface area contributed by atoms with Crippen LogP contribution in [-0.4, -0.2) is 30.9 Å². The fraction of sp³-hybridized carbons (Fsp3) is 0.600. The van der Waals surface area contributed by atoms with Gasteiger partial charge >= 0.3 is 0 Å². The van der Waals surface area contributed by atoms with Crippen molar-refractivity contribution in [1.29, 1.82) is 0 Å². The van der Waals surface area contributed by atoms with E-state index in [4.69, 9.17) is 0 Å². The van der Waals surface area contributed by atoms with Gasteiger partial charge in [-0.2, -0.15) is 0 Å². The van der Waals surface area contributed by atoms with Crippen LogP contribution in [-0.2, 0) is 4.79 Å². The average molecular weight is 345 g/mol. The Kier molecular flexibility index (Phi) is 7.29. The molecule has 1 saturated heterocycles. The van der Waals surface area contributed by atoms with Gasteiger partial charge in [-0.15, -0.1) is 0 Å². The van der Waals surface area contributed by atoms with Crippen molar-refractivity contribution in [2.75, 3.05) is 23.3 Å². The molecule has 0 saturated carbocycles. The molecule has 1 fully saturated rings. The van der Waals surface area contributed by atoms with Gasteiger partial charge in [-0.3, -0.25) is 9.59 Å². The SMILES string of the molecule is CCCCCC(=O)Nc1ccc(N2CCCC2)c(C(=O)NC(C)C)c1. The molecule has 1 heterocycles. The van der Waals surface area contributed by atoms with Crippen molar-refractivity contribution in [2.45, 2.75) is 65.3 Å². The molecule has 0 spiro atoms. The van der Waals surface area contributed by atoms with Crippen molar-refractivity contribution in [3.63, 3.8) is 0 Å². The topological polar surface area (TPSA) is 61.4 Å². The molecule has 5 nitrogen and oxygen atoms in total. The Morgan fingerprint density at radius 3 is 2.52 bits per heavy atom. The molecule has 2 N–H and O–H groups in total. The molecule has 2 amide bonds. The summed E-state index contributed by atoms with van der Waals surface area (Å²) in [5.41, 5.74) is 2.29. The maximum Gasteiger partial charge on any atom is 0.253 e. The zero-order chi connectivity index (χ0) is 18.2. The molecule has 0 atom stereocenters. The number of amides is 2. The summed E-state index contributed by atoms with van der Waals surface area (Å²) in [6.45, 7) is 7.98.